The molecular formula is C20H22BrN3O3S. The van der Waals surface area contributed by atoms with Crippen molar-refractivity contribution in [2.24, 2.45) is 0 Å². The van der Waals surface area contributed by atoms with E-state index in [0.717, 1.165) is 38.4 Å². The Morgan fingerprint density at radius 2 is 1.64 bits per heavy atom. The molecule has 6 nitrogen and oxygen atoms in total. The lowest BCUT2D eigenvalue weighted by Gasteiger charge is -2.12. The van der Waals surface area contributed by atoms with Crippen molar-refractivity contribution in [3.05, 3.63) is 58.8 Å². The third-order valence-electron chi connectivity index (χ3n) is 3.81. The molecule has 0 saturated heterocycles. The topological polar surface area (TPSA) is 58.4 Å². The average Bonchev–Trinajstić information content (AvgIpc) is 3.11. The van der Waals surface area contributed by atoms with E-state index in [0.29, 0.717) is 19.8 Å². The molecule has 0 aliphatic carbocycles. The molecule has 8 heteroatoms. The zero-order valence-electron chi connectivity index (χ0n) is 15.8. The summed E-state index contributed by atoms with van der Waals surface area (Å²) in [4.78, 5) is 0. The van der Waals surface area contributed by atoms with E-state index in [2.05, 4.69) is 26.1 Å². The Balaban J connectivity index is 1.83. The number of rotatable bonds is 10. The number of hydrogen-bond acceptors (Lipinski definition) is 6. The third kappa shape index (κ3) is 5.50. The van der Waals surface area contributed by atoms with Crippen LogP contribution in [-0.4, -0.2) is 40.8 Å². The summed E-state index contributed by atoms with van der Waals surface area (Å²) in [5, 5.41) is 9.50. The van der Waals surface area contributed by atoms with E-state index >= 15 is 0 Å². The maximum absolute atomic E-state index is 5.91. The number of methoxy groups -OCH3 is 1. The van der Waals surface area contributed by atoms with Crippen LogP contribution in [0.15, 0.2) is 58.2 Å². The van der Waals surface area contributed by atoms with Crippen LogP contribution in [-0.2, 0) is 11.3 Å². The van der Waals surface area contributed by atoms with Gasteiger partial charge >= 0.3 is 0 Å². The highest BCUT2D eigenvalue weighted by Gasteiger charge is 2.15. The summed E-state index contributed by atoms with van der Waals surface area (Å²) < 4.78 is 19.6. The van der Waals surface area contributed by atoms with E-state index in [1.54, 1.807) is 18.9 Å². The Morgan fingerprint density at radius 3 is 2.32 bits per heavy atom. The van der Waals surface area contributed by atoms with Gasteiger partial charge in [-0.2, -0.15) is 0 Å². The molecular weight excluding hydrogens is 442 g/mol. The molecule has 0 radical (unpaired) electrons. The van der Waals surface area contributed by atoms with E-state index in [4.69, 9.17) is 14.2 Å². The van der Waals surface area contributed by atoms with E-state index in [9.17, 15) is 0 Å². The standard InChI is InChI=1S/C20H22BrN3O3S/c1-3-26-17-10-6-16(7-11-17)24-19(22-23-20(24)28-13-12-25-2)14-27-18-8-4-15(21)5-9-18/h4-11H,3,12-14H2,1-2H3. The summed E-state index contributed by atoms with van der Waals surface area (Å²) >= 11 is 5.03. The van der Waals surface area contributed by atoms with Crippen LogP contribution in [0.4, 0.5) is 0 Å². The molecule has 0 unspecified atom stereocenters. The van der Waals surface area contributed by atoms with Crippen LogP contribution >= 0.6 is 27.7 Å². The summed E-state index contributed by atoms with van der Waals surface area (Å²) in [7, 11) is 1.69. The summed E-state index contributed by atoms with van der Waals surface area (Å²) in [6, 6.07) is 15.6. The van der Waals surface area contributed by atoms with Crippen LogP contribution in [0.5, 0.6) is 11.5 Å². The Kier molecular flexibility index (Phi) is 7.76. The molecule has 0 atom stereocenters. The lowest BCUT2D eigenvalue weighted by molar-refractivity contribution is 0.218. The van der Waals surface area contributed by atoms with Gasteiger partial charge in [-0.25, -0.2) is 0 Å². The Labute approximate surface area is 177 Å². The Hall–Kier alpha value is -2.03. The fourth-order valence-electron chi connectivity index (χ4n) is 2.50. The van der Waals surface area contributed by atoms with Crippen LogP contribution in [0.1, 0.15) is 12.7 Å². The summed E-state index contributed by atoms with van der Waals surface area (Å²) in [6.07, 6.45) is 0. The molecule has 28 heavy (non-hydrogen) atoms. The van der Waals surface area contributed by atoms with Crippen molar-refractivity contribution in [2.45, 2.75) is 18.7 Å². The summed E-state index contributed by atoms with van der Waals surface area (Å²) in [5.41, 5.74) is 0.961. The van der Waals surface area contributed by atoms with E-state index in [1.807, 2.05) is 60.0 Å². The lowest BCUT2D eigenvalue weighted by Crippen LogP contribution is -2.07. The van der Waals surface area contributed by atoms with Crippen LogP contribution < -0.4 is 9.47 Å². The van der Waals surface area contributed by atoms with Gasteiger partial charge in [-0.05, 0) is 55.5 Å². The van der Waals surface area contributed by atoms with Crippen molar-refractivity contribution in [1.29, 1.82) is 0 Å². The minimum Gasteiger partial charge on any atom is -0.494 e. The first-order valence-corrected chi connectivity index (χ1v) is 10.7. The van der Waals surface area contributed by atoms with Crippen LogP contribution in [0.3, 0.4) is 0 Å². The highest BCUT2D eigenvalue weighted by molar-refractivity contribution is 9.10. The zero-order chi connectivity index (χ0) is 19.8. The van der Waals surface area contributed by atoms with Gasteiger partial charge in [-0.1, -0.05) is 27.7 Å². The van der Waals surface area contributed by atoms with Crippen molar-refractivity contribution in [2.75, 3.05) is 26.1 Å². The van der Waals surface area contributed by atoms with Gasteiger partial charge in [0.25, 0.3) is 0 Å². The van der Waals surface area contributed by atoms with Crippen molar-refractivity contribution in [1.82, 2.24) is 14.8 Å². The number of thioether (sulfide) groups is 1. The van der Waals surface area contributed by atoms with Gasteiger partial charge in [0.1, 0.15) is 18.1 Å². The van der Waals surface area contributed by atoms with Crippen molar-refractivity contribution >= 4 is 27.7 Å². The van der Waals surface area contributed by atoms with Gasteiger partial charge in [0.2, 0.25) is 0 Å². The molecule has 148 valence electrons. The first kappa shape index (κ1) is 20.7. The number of ether oxygens (including phenoxy) is 3. The zero-order valence-corrected chi connectivity index (χ0v) is 18.2. The first-order chi connectivity index (χ1) is 13.7. The highest BCUT2D eigenvalue weighted by Crippen LogP contribution is 2.25. The predicted octanol–water partition coefficient (Wildman–Crippen LogP) is 4.75. The normalized spacial score (nSPS) is 10.8. The minimum atomic E-state index is 0.312. The molecule has 1 heterocycles. The van der Waals surface area contributed by atoms with E-state index < -0.39 is 0 Å². The molecule has 1 aromatic heterocycles. The maximum Gasteiger partial charge on any atom is 0.196 e. The van der Waals surface area contributed by atoms with Crippen LogP contribution in [0, 0.1) is 0 Å². The number of benzene rings is 2. The number of aromatic nitrogens is 3. The first-order valence-electron chi connectivity index (χ1n) is 8.89. The second-order valence-corrected chi connectivity index (χ2v) is 7.72. The van der Waals surface area contributed by atoms with Crippen molar-refractivity contribution < 1.29 is 14.2 Å². The molecule has 0 fully saturated rings. The molecule has 3 aromatic rings. The Morgan fingerprint density at radius 1 is 0.964 bits per heavy atom. The number of hydrogen-bond donors (Lipinski definition) is 0. The fraction of sp³-hybridized carbons (Fsp3) is 0.300. The van der Waals surface area contributed by atoms with Gasteiger partial charge in [-0.3, -0.25) is 4.57 Å². The van der Waals surface area contributed by atoms with Gasteiger partial charge in [0.15, 0.2) is 11.0 Å². The molecule has 0 bridgehead atoms. The molecule has 0 aliphatic rings. The second-order valence-electron chi connectivity index (χ2n) is 5.74. The van der Waals surface area contributed by atoms with Gasteiger partial charge in [0.05, 0.1) is 13.2 Å². The highest BCUT2D eigenvalue weighted by atomic mass is 79.9. The van der Waals surface area contributed by atoms with Crippen molar-refractivity contribution in [3.8, 4) is 17.2 Å². The number of halogens is 1. The van der Waals surface area contributed by atoms with Crippen LogP contribution in [0.2, 0.25) is 0 Å². The van der Waals surface area contributed by atoms with E-state index in [-0.39, 0.29) is 0 Å². The quantitative estimate of drug-likeness (QED) is 0.319. The van der Waals surface area contributed by atoms with Gasteiger partial charge in [-0.15, -0.1) is 10.2 Å². The van der Waals surface area contributed by atoms with Gasteiger partial charge < -0.3 is 14.2 Å². The molecule has 3 rings (SSSR count). The average molecular weight is 464 g/mol. The molecule has 0 N–H and O–H groups in total. The van der Waals surface area contributed by atoms with Gasteiger partial charge in [0, 0.05) is 23.0 Å². The summed E-state index contributed by atoms with van der Waals surface area (Å²) in [6.45, 7) is 3.56. The SMILES string of the molecule is CCOc1ccc(-n2c(COc3ccc(Br)cc3)nnc2SCCOC)cc1. The maximum atomic E-state index is 5.91. The predicted molar refractivity (Wildman–Crippen MR) is 114 cm³/mol. The molecule has 0 aliphatic heterocycles. The van der Waals surface area contributed by atoms with E-state index in [1.165, 1.54) is 0 Å². The molecule has 0 spiro atoms. The molecule has 2 aromatic carbocycles. The largest absolute Gasteiger partial charge is 0.494 e. The minimum absolute atomic E-state index is 0.312. The monoisotopic (exact) mass is 463 g/mol. The lowest BCUT2D eigenvalue weighted by atomic mass is 10.3. The smallest absolute Gasteiger partial charge is 0.196 e. The summed E-state index contributed by atoms with van der Waals surface area (Å²) in [5.74, 6) is 3.13. The van der Waals surface area contributed by atoms with Crippen molar-refractivity contribution in [3.63, 3.8) is 0 Å². The molecule has 0 saturated carbocycles. The number of nitrogens with zero attached hydrogens (tertiary/aromatic N) is 3. The Bertz CT molecular complexity index is 869. The fourth-order valence-corrected chi connectivity index (χ4v) is 3.64. The van der Waals surface area contributed by atoms with Crippen LogP contribution in [0.25, 0.3) is 5.69 Å². The molecule has 0 amide bonds. The third-order valence-corrected chi connectivity index (χ3v) is 5.23. The second kappa shape index (κ2) is 10.5.